The minimum atomic E-state index is -0.307. The van der Waals surface area contributed by atoms with Crippen molar-refractivity contribution in [3.05, 3.63) is 47.9 Å². The molecular formula is C14H11N4O. The summed E-state index contributed by atoms with van der Waals surface area (Å²) in [6, 6.07) is 10.4. The molecule has 1 saturated carbocycles. The number of fused-ring (bicyclic) bond motifs is 2. The molecule has 0 bridgehead atoms. The molecule has 1 aromatic carbocycles. The van der Waals surface area contributed by atoms with Gasteiger partial charge in [-0.25, -0.2) is 9.97 Å². The van der Waals surface area contributed by atoms with Crippen LogP contribution in [-0.2, 0) is 5.54 Å². The van der Waals surface area contributed by atoms with E-state index in [1.165, 1.54) is 6.33 Å². The lowest BCUT2D eigenvalue weighted by molar-refractivity contribution is 0.0989. The van der Waals surface area contributed by atoms with E-state index in [4.69, 9.17) is 5.73 Å². The molecule has 2 aliphatic rings. The molecule has 2 aromatic rings. The van der Waals surface area contributed by atoms with Crippen LogP contribution in [0.5, 0.6) is 0 Å². The number of nitrogen functional groups attached to an aromatic ring is 1. The second-order valence-corrected chi connectivity index (χ2v) is 4.92. The Balaban J connectivity index is 1.94. The molecule has 0 atom stereocenters. The van der Waals surface area contributed by atoms with Gasteiger partial charge in [0.2, 0.25) is 0 Å². The number of carbonyl (C=O) groups is 1. The summed E-state index contributed by atoms with van der Waals surface area (Å²) in [5.74, 6) is 0.161. The molecule has 1 aliphatic carbocycles. The molecule has 1 radical (unpaired) electrons. The molecule has 1 amide bonds. The molecule has 4 rings (SSSR count). The van der Waals surface area contributed by atoms with Crippen LogP contribution in [0.15, 0.2) is 30.6 Å². The Kier molecular flexibility index (Phi) is 1.83. The third kappa shape index (κ3) is 1.22. The predicted octanol–water partition coefficient (Wildman–Crippen LogP) is 1.51. The van der Waals surface area contributed by atoms with E-state index in [0.29, 0.717) is 5.56 Å². The van der Waals surface area contributed by atoms with E-state index < -0.39 is 0 Å². The van der Waals surface area contributed by atoms with Gasteiger partial charge in [0.05, 0.1) is 11.2 Å². The number of nitrogens with zero attached hydrogens (tertiary/aromatic N) is 3. The second-order valence-electron chi connectivity index (χ2n) is 4.92. The fourth-order valence-corrected chi connectivity index (χ4v) is 2.84. The van der Waals surface area contributed by atoms with Crippen LogP contribution in [0.4, 0.5) is 11.5 Å². The first-order valence-corrected chi connectivity index (χ1v) is 6.16. The molecule has 5 nitrogen and oxygen atoms in total. The molecule has 2 heterocycles. The minimum absolute atomic E-state index is 0.106. The van der Waals surface area contributed by atoms with E-state index in [-0.39, 0.29) is 17.3 Å². The number of hydrogen-bond donors (Lipinski definition) is 1. The summed E-state index contributed by atoms with van der Waals surface area (Å²) >= 11 is 0. The summed E-state index contributed by atoms with van der Waals surface area (Å²) in [6.07, 6.45) is 3.26. The first-order chi connectivity index (χ1) is 9.24. The normalized spacial score (nSPS) is 18.7. The van der Waals surface area contributed by atoms with Crippen molar-refractivity contribution in [1.82, 2.24) is 9.97 Å². The maximum absolute atomic E-state index is 12.6. The molecule has 19 heavy (non-hydrogen) atoms. The predicted molar refractivity (Wildman–Crippen MR) is 69.4 cm³/mol. The topological polar surface area (TPSA) is 72.1 Å². The van der Waals surface area contributed by atoms with Crippen molar-refractivity contribution in [3.8, 4) is 0 Å². The van der Waals surface area contributed by atoms with Gasteiger partial charge in [0, 0.05) is 5.69 Å². The zero-order valence-corrected chi connectivity index (χ0v) is 10.1. The molecule has 1 spiro atoms. The average Bonchev–Trinajstić information content (AvgIpc) is 3.16. The van der Waals surface area contributed by atoms with Crippen LogP contribution < -0.4 is 10.6 Å². The number of nitrogens with two attached hydrogens (primary N) is 1. The molecule has 0 saturated heterocycles. The summed E-state index contributed by atoms with van der Waals surface area (Å²) in [5.41, 5.74) is 7.61. The Morgan fingerprint density at radius 2 is 2.21 bits per heavy atom. The van der Waals surface area contributed by atoms with E-state index in [2.05, 4.69) is 16.0 Å². The summed E-state index contributed by atoms with van der Waals surface area (Å²) in [5, 5.41) is 0. The number of carbonyl (C=O) groups excluding carboxylic acids is 1. The van der Waals surface area contributed by atoms with Gasteiger partial charge in [-0.05, 0) is 31.0 Å². The Hall–Kier alpha value is -2.43. The van der Waals surface area contributed by atoms with Crippen molar-refractivity contribution in [3.63, 3.8) is 0 Å². The molecule has 0 unspecified atom stereocenters. The van der Waals surface area contributed by atoms with Crippen LogP contribution in [0.2, 0.25) is 0 Å². The molecule has 93 valence electrons. The number of benzene rings is 1. The van der Waals surface area contributed by atoms with Crippen LogP contribution in [0, 0.1) is 6.07 Å². The van der Waals surface area contributed by atoms with Gasteiger partial charge in [-0.2, -0.15) is 0 Å². The standard InChI is InChI=1S/C14H11N4O/c15-12-10-11(16-8-17-12)14(6-7-14)18(13(10)19)9-4-2-1-3-5-9/h1-2,4-5,8H,6-7H2,(H2,15,16,17). The summed E-state index contributed by atoms with van der Waals surface area (Å²) in [6.45, 7) is 0. The highest BCUT2D eigenvalue weighted by Gasteiger charge is 2.60. The quantitative estimate of drug-likeness (QED) is 0.833. The van der Waals surface area contributed by atoms with Crippen molar-refractivity contribution in [2.75, 3.05) is 10.6 Å². The van der Waals surface area contributed by atoms with Gasteiger partial charge < -0.3 is 5.73 Å². The molecular weight excluding hydrogens is 240 g/mol. The zero-order chi connectivity index (χ0) is 13.0. The fraction of sp³-hybridized carbons (Fsp3) is 0.214. The van der Waals surface area contributed by atoms with Crippen molar-refractivity contribution >= 4 is 17.4 Å². The van der Waals surface area contributed by atoms with Crippen LogP contribution in [0.1, 0.15) is 28.9 Å². The van der Waals surface area contributed by atoms with Crippen molar-refractivity contribution < 1.29 is 4.79 Å². The number of anilines is 2. The highest BCUT2D eigenvalue weighted by Crippen LogP contribution is 2.57. The molecule has 2 N–H and O–H groups in total. The molecule has 1 aromatic heterocycles. The van der Waals surface area contributed by atoms with Crippen LogP contribution in [-0.4, -0.2) is 15.9 Å². The lowest BCUT2D eigenvalue weighted by Gasteiger charge is -2.24. The maximum atomic E-state index is 12.6. The largest absolute Gasteiger partial charge is 0.383 e. The first-order valence-electron chi connectivity index (χ1n) is 6.16. The molecule has 1 aliphatic heterocycles. The lowest BCUT2D eigenvalue weighted by Crippen LogP contribution is -2.33. The average molecular weight is 251 g/mol. The second kappa shape index (κ2) is 3.32. The van der Waals surface area contributed by atoms with Crippen molar-refractivity contribution in [2.45, 2.75) is 18.4 Å². The van der Waals surface area contributed by atoms with Crippen LogP contribution in [0.3, 0.4) is 0 Å². The van der Waals surface area contributed by atoms with Crippen molar-refractivity contribution in [1.29, 1.82) is 0 Å². The Morgan fingerprint density at radius 3 is 2.89 bits per heavy atom. The van der Waals surface area contributed by atoms with E-state index >= 15 is 0 Å². The van der Waals surface area contributed by atoms with E-state index in [9.17, 15) is 4.79 Å². The smallest absolute Gasteiger partial charge is 0.264 e. The first kappa shape index (κ1) is 10.5. The Labute approximate surface area is 110 Å². The van der Waals surface area contributed by atoms with Crippen molar-refractivity contribution in [2.24, 2.45) is 0 Å². The van der Waals surface area contributed by atoms with Crippen LogP contribution >= 0.6 is 0 Å². The van der Waals surface area contributed by atoms with Gasteiger partial charge >= 0.3 is 0 Å². The Bertz CT molecular complexity index is 679. The van der Waals surface area contributed by atoms with Gasteiger partial charge in [0.15, 0.2) is 0 Å². The van der Waals surface area contributed by atoms with Gasteiger partial charge in [-0.15, -0.1) is 0 Å². The molecule has 5 heteroatoms. The highest BCUT2D eigenvalue weighted by atomic mass is 16.2. The minimum Gasteiger partial charge on any atom is -0.383 e. The zero-order valence-electron chi connectivity index (χ0n) is 10.1. The number of aromatic nitrogens is 2. The summed E-state index contributed by atoms with van der Waals surface area (Å²) in [7, 11) is 0. The highest BCUT2D eigenvalue weighted by molar-refractivity contribution is 6.14. The number of hydrogen-bond acceptors (Lipinski definition) is 4. The van der Waals surface area contributed by atoms with E-state index in [1.807, 2.05) is 24.3 Å². The van der Waals surface area contributed by atoms with Gasteiger partial charge in [-0.3, -0.25) is 9.69 Å². The Morgan fingerprint density at radius 1 is 1.37 bits per heavy atom. The van der Waals surface area contributed by atoms with E-state index in [1.54, 1.807) is 4.90 Å². The SMILES string of the molecule is Nc1ncnc2c1C(=O)N(c1c[c]ccc1)C21CC1. The summed E-state index contributed by atoms with van der Waals surface area (Å²) in [4.78, 5) is 22.6. The monoisotopic (exact) mass is 251 g/mol. The van der Waals surface area contributed by atoms with Gasteiger partial charge in [0.1, 0.15) is 17.7 Å². The summed E-state index contributed by atoms with van der Waals surface area (Å²) < 4.78 is 0. The molecule has 1 fully saturated rings. The number of amides is 1. The maximum Gasteiger partial charge on any atom is 0.264 e. The lowest BCUT2D eigenvalue weighted by atomic mass is 10.1. The van der Waals surface area contributed by atoms with Crippen LogP contribution in [0.25, 0.3) is 0 Å². The van der Waals surface area contributed by atoms with Gasteiger partial charge in [0.25, 0.3) is 5.91 Å². The van der Waals surface area contributed by atoms with Gasteiger partial charge in [-0.1, -0.05) is 12.1 Å². The third-order valence-corrected chi connectivity index (χ3v) is 3.83. The third-order valence-electron chi connectivity index (χ3n) is 3.83. The van der Waals surface area contributed by atoms with E-state index in [0.717, 1.165) is 24.2 Å². The number of rotatable bonds is 1. The fourth-order valence-electron chi connectivity index (χ4n) is 2.84.